The van der Waals surface area contributed by atoms with Crippen LogP contribution in [0.15, 0.2) is 59.5 Å². The smallest absolute Gasteiger partial charge is 0.240 e. The molecule has 0 radical (unpaired) electrons. The molecule has 0 unspecified atom stereocenters. The van der Waals surface area contributed by atoms with Crippen LogP contribution in [0.4, 0.5) is 0 Å². The predicted molar refractivity (Wildman–Crippen MR) is 96.4 cm³/mol. The number of ketones is 1. The number of hydrogen-bond acceptors (Lipinski definition) is 4. The van der Waals surface area contributed by atoms with E-state index in [0.717, 1.165) is 5.56 Å². The first-order valence-corrected chi connectivity index (χ1v) is 9.27. The molecule has 0 bridgehead atoms. The van der Waals surface area contributed by atoms with Gasteiger partial charge in [0.2, 0.25) is 10.0 Å². The molecule has 0 saturated carbocycles. The Morgan fingerprint density at radius 2 is 1.76 bits per heavy atom. The van der Waals surface area contributed by atoms with Gasteiger partial charge < -0.3 is 0 Å². The number of nitrogens with one attached hydrogen (secondary N) is 1. The summed E-state index contributed by atoms with van der Waals surface area (Å²) in [7, 11) is -3.53. The highest BCUT2D eigenvalue weighted by Crippen LogP contribution is 2.12. The zero-order valence-corrected chi connectivity index (χ0v) is 14.6. The van der Waals surface area contributed by atoms with Gasteiger partial charge in [-0.25, -0.2) is 13.1 Å². The molecule has 128 valence electrons. The van der Waals surface area contributed by atoms with Crippen LogP contribution in [0.25, 0.3) is 6.08 Å². The lowest BCUT2D eigenvalue weighted by atomic mass is 10.1. The topological polar surface area (TPSA) is 87.0 Å². The van der Waals surface area contributed by atoms with Gasteiger partial charge >= 0.3 is 0 Å². The minimum atomic E-state index is -3.53. The fourth-order valence-electron chi connectivity index (χ4n) is 2.06. The summed E-state index contributed by atoms with van der Waals surface area (Å²) in [5.74, 6) is -0.227. The highest BCUT2D eigenvalue weighted by molar-refractivity contribution is 7.89. The lowest BCUT2D eigenvalue weighted by Crippen LogP contribution is -2.24. The summed E-state index contributed by atoms with van der Waals surface area (Å²) in [4.78, 5) is 12.3. The van der Waals surface area contributed by atoms with Crippen molar-refractivity contribution in [3.05, 3.63) is 71.3 Å². The van der Waals surface area contributed by atoms with Crippen molar-refractivity contribution < 1.29 is 13.2 Å². The Morgan fingerprint density at radius 3 is 2.32 bits per heavy atom. The van der Waals surface area contributed by atoms with Crippen LogP contribution in [0.5, 0.6) is 0 Å². The number of allylic oxidation sites excluding steroid dienone is 1. The monoisotopic (exact) mass is 354 g/mol. The highest BCUT2D eigenvalue weighted by Gasteiger charge is 2.13. The third-order valence-corrected chi connectivity index (χ3v) is 4.94. The number of hydrogen-bond donors (Lipinski definition) is 1. The normalized spacial score (nSPS) is 11.4. The Hall–Kier alpha value is -2.75. The Balaban J connectivity index is 2.09. The molecule has 6 heteroatoms. The van der Waals surface area contributed by atoms with Crippen LogP contribution in [-0.4, -0.2) is 20.7 Å². The molecule has 0 aliphatic heterocycles. The molecule has 1 N–H and O–H groups in total. The van der Waals surface area contributed by atoms with Crippen molar-refractivity contribution >= 4 is 21.9 Å². The second kappa shape index (κ2) is 8.38. The molecule has 0 spiro atoms. The van der Waals surface area contributed by atoms with Crippen LogP contribution in [-0.2, 0) is 10.0 Å². The third-order valence-electron chi connectivity index (χ3n) is 3.46. The number of sulfonamides is 1. The van der Waals surface area contributed by atoms with E-state index in [1.807, 2.05) is 13.0 Å². The van der Waals surface area contributed by atoms with Gasteiger partial charge in [0.1, 0.15) is 0 Å². The third kappa shape index (κ3) is 5.11. The first-order valence-electron chi connectivity index (χ1n) is 7.78. The van der Waals surface area contributed by atoms with Crippen LogP contribution in [0, 0.1) is 11.3 Å². The summed E-state index contributed by atoms with van der Waals surface area (Å²) in [6, 6.07) is 14.7. The second-order valence-electron chi connectivity index (χ2n) is 5.35. The number of nitrogens with zero attached hydrogens (tertiary/aromatic N) is 1. The quantitative estimate of drug-likeness (QED) is 0.611. The fraction of sp³-hybridized carbons (Fsp3) is 0.158. The molecule has 0 heterocycles. The Bertz CT molecular complexity index is 907. The molecule has 0 fully saturated rings. The van der Waals surface area contributed by atoms with E-state index in [-0.39, 0.29) is 10.7 Å². The molecular formula is C19H18N2O3S. The first-order chi connectivity index (χ1) is 12.0. The van der Waals surface area contributed by atoms with Gasteiger partial charge in [0.15, 0.2) is 5.78 Å². The summed E-state index contributed by atoms with van der Waals surface area (Å²) in [6.45, 7) is 2.25. The molecule has 2 aromatic rings. The number of nitriles is 1. The summed E-state index contributed by atoms with van der Waals surface area (Å²) < 4.78 is 26.5. The van der Waals surface area contributed by atoms with E-state index >= 15 is 0 Å². The zero-order chi connectivity index (χ0) is 18.3. The summed E-state index contributed by atoms with van der Waals surface area (Å²) in [6.07, 6.45) is 3.77. The molecule has 2 aromatic carbocycles. The van der Waals surface area contributed by atoms with E-state index in [9.17, 15) is 13.2 Å². The molecule has 2 rings (SSSR count). The fourth-order valence-corrected chi connectivity index (χ4v) is 3.19. The van der Waals surface area contributed by atoms with Crippen molar-refractivity contribution in [2.24, 2.45) is 0 Å². The Morgan fingerprint density at radius 1 is 1.12 bits per heavy atom. The summed E-state index contributed by atoms with van der Waals surface area (Å²) in [5.41, 5.74) is 1.76. The minimum Gasteiger partial charge on any atom is -0.289 e. The van der Waals surface area contributed by atoms with Gasteiger partial charge in [-0.3, -0.25) is 4.79 Å². The van der Waals surface area contributed by atoms with Crippen molar-refractivity contribution in [2.75, 3.05) is 6.54 Å². The van der Waals surface area contributed by atoms with Gasteiger partial charge in [-0.15, -0.1) is 0 Å². The SMILES string of the molecule is CCCNS(=O)(=O)c1ccc(C(=O)/C=C/c2ccc(C#N)cc2)cc1. The van der Waals surface area contributed by atoms with Crippen molar-refractivity contribution in [3.8, 4) is 6.07 Å². The lowest BCUT2D eigenvalue weighted by Gasteiger charge is -2.05. The van der Waals surface area contributed by atoms with E-state index in [2.05, 4.69) is 4.72 Å². The average Bonchev–Trinajstić information content (AvgIpc) is 2.65. The summed E-state index contributed by atoms with van der Waals surface area (Å²) in [5, 5.41) is 8.75. The maximum absolute atomic E-state index is 12.2. The van der Waals surface area contributed by atoms with E-state index in [0.29, 0.717) is 24.1 Å². The molecule has 0 aliphatic carbocycles. The minimum absolute atomic E-state index is 0.133. The first kappa shape index (κ1) is 18.6. The molecule has 0 atom stereocenters. The molecule has 25 heavy (non-hydrogen) atoms. The lowest BCUT2D eigenvalue weighted by molar-refractivity contribution is 0.104. The molecule has 5 nitrogen and oxygen atoms in total. The maximum atomic E-state index is 12.2. The number of carbonyl (C=O) groups is 1. The Labute approximate surface area is 147 Å². The standard InChI is InChI=1S/C19H18N2O3S/c1-2-13-21-25(23,24)18-10-8-17(9-11-18)19(22)12-7-15-3-5-16(14-20)6-4-15/h3-12,21H,2,13H2,1H3/b12-7+. The van der Waals surface area contributed by atoms with Crippen LogP contribution in [0.3, 0.4) is 0 Å². The Kier molecular flexibility index (Phi) is 6.23. The maximum Gasteiger partial charge on any atom is 0.240 e. The second-order valence-corrected chi connectivity index (χ2v) is 7.12. The largest absolute Gasteiger partial charge is 0.289 e. The summed E-state index contributed by atoms with van der Waals surface area (Å²) >= 11 is 0. The van der Waals surface area contributed by atoms with E-state index < -0.39 is 10.0 Å². The van der Waals surface area contributed by atoms with Crippen molar-refractivity contribution in [2.45, 2.75) is 18.2 Å². The van der Waals surface area contributed by atoms with E-state index in [1.54, 1.807) is 30.3 Å². The van der Waals surface area contributed by atoms with Gasteiger partial charge in [0.05, 0.1) is 16.5 Å². The molecule has 0 aromatic heterocycles. The average molecular weight is 354 g/mol. The predicted octanol–water partition coefficient (Wildman–Crippen LogP) is 3.14. The molecule has 0 amide bonds. The van der Waals surface area contributed by atoms with Crippen molar-refractivity contribution in [3.63, 3.8) is 0 Å². The van der Waals surface area contributed by atoms with Crippen LogP contribution in [0.2, 0.25) is 0 Å². The molecule has 0 saturated heterocycles. The van der Waals surface area contributed by atoms with Gasteiger partial charge in [0.25, 0.3) is 0 Å². The number of rotatable bonds is 7. The zero-order valence-electron chi connectivity index (χ0n) is 13.8. The van der Waals surface area contributed by atoms with Crippen LogP contribution in [0.1, 0.15) is 34.8 Å². The number of carbonyl (C=O) groups excluding carboxylic acids is 1. The van der Waals surface area contributed by atoms with E-state index in [1.165, 1.54) is 30.3 Å². The van der Waals surface area contributed by atoms with Crippen molar-refractivity contribution in [1.29, 1.82) is 5.26 Å². The van der Waals surface area contributed by atoms with Crippen molar-refractivity contribution in [1.82, 2.24) is 4.72 Å². The molecular weight excluding hydrogens is 336 g/mol. The van der Waals surface area contributed by atoms with Gasteiger partial charge in [-0.05, 0) is 54.5 Å². The van der Waals surface area contributed by atoms with Gasteiger partial charge in [-0.1, -0.05) is 25.1 Å². The molecule has 0 aliphatic rings. The highest BCUT2D eigenvalue weighted by atomic mass is 32.2. The van der Waals surface area contributed by atoms with Gasteiger partial charge in [-0.2, -0.15) is 5.26 Å². The number of benzene rings is 2. The van der Waals surface area contributed by atoms with Crippen LogP contribution < -0.4 is 4.72 Å². The van der Waals surface area contributed by atoms with Gasteiger partial charge in [0, 0.05) is 12.1 Å². The van der Waals surface area contributed by atoms with Crippen LogP contribution >= 0.6 is 0 Å². The van der Waals surface area contributed by atoms with E-state index in [4.69, 9.17) is 5.26 Å².